The highest BCUT2D eigenvalue weighted by atomic mass is 16.1. The van der Waals surface area contributed by atoms with Gasteiger partial charge in [0.05, 0.1) is 0 Å². The molecule has 0 bridgehead atoms. The zero-order chi connectivity index (χ0) is 18.9. The smallest absolute Gasteiger partial charge is 0.143 e. The predicted molar refractivity (Wildman–Crippen MR) is 113 cm³/mol. The molecule has 0 spiro atoms. The van der Waals surface area contributed by atoms with Crippen molar-refractivity contribution in [1.82, 2.24) is 0 Å². The molecule has 0 N–H and O–H groups in total. The molecule has 0 aromatic heterocycles. The maximum absolute atomic E-state index is 11.2. The molecule has 0 fully saturated rings. The number of nitrogens with zero attached hydrogens (tertiary/aromatic N) is 2. The van der Waals surface area contributed by atoms with Gasteiger partial charge in [0.25, 0.3) is 0 Å². The monoisotopic (exact) mass is 350 g/mol. The predicted octanol–water partition coefficient (Wildman–Crippen LogP) is 5.01. The van der Waals surface area contributed by atoms with Crippen LogP contribution in [0.2, 0.25) is 0 Å². The summed E-state index contributed by atoms with van der Waals surface area (Å²) >= 11 is 0. The van der Waals surface area contributed by atoms with E-state index in [0.29, 0.717) is 0 Å². The lowest BCUT2D eigenvalue weighted by Gasteiger charge is -2.22. The van der Waals surface area contributed by atoms with Gasteiger partial charge in [0.15, 0.2) is 0 Å². The molecule has 0 atom stereocenters. The molecular weight excluding hydrogens is 320 g/mol. The fourth-order valence-electron chi connectivity index (χ4n) is 3.31. The highest BCUT2D eigenvalue weighted by Crippen LogP contribution is 2.27. The Labute approximate surface area is 157 Å². The molecule has 3 nitrogen and oxygen atoms in total. The van der Waals surface area contributed by atoms with Crippen molar-refractivity contribution in [3.63, 3.8) is 0 Å². The minimum Gasteiger partial charge on any atom is -0.372 e. The van der Waals surface area contributed by atoms with E-state index in [1.54, 1.807) is 6.08 Å². The topological polar surface area (TPSA) is 23.6 Å². The minimum absolute atomic E-state index is 0.867. The average molecular weight is 351 g/mol. The first-order valence-electron chi connectivity index (χ1n) is 9.54. The van der Waals surface area contributed by atoms with Gasteiger partial charge in [-0.05, 0) is 74.7 Å². The van der Waals surface area contributed by atoms with Gasteiger partial charge in [-0.15, -0.1) is 0 Å². The first kappa shape index (κ1) is 19.8. The van der Waals surface area contributed by atoms with E-state index in [1.807, 2.05) is 0 Å². The number of hydrogen-bond acceptors (Lipinski definition) is 3. The second-order valence-electron chi connectivity index (χ2n) is 6.15. The lowest BCUT2D eigenvalue weighted by molar-refractivity contribution is -0.104. The molecule has 3 heteroatoms. The first-order valence-corrected chi connectivity index (χ1v) is 9.54. The number of hydrogen-bond donors (Lipinski definition) is 0. The van der Waals surface area contributed by atoms with Gasteiger partial charge in [-0.25, -0.2) is 0 Å². The Hall–Kier alpha value is -2.55. The van der Waals surface area contributed by atoms with Gasteiger partial charge in [-0.3, -0.25) is 4.79 Å². The van der Waals surface area contributed by atoms with Crippen LogP contribution in [-0.2, 0) is 4.79 Å². The highest BCUT2D eigenvalue weighted by molar-refractivity contribution is 5.90. The number of carbonyl (C=O) groups excluding carboxylic acids is 1. The first-order chi connectivity index (χ1) is 12.7. The molecule has 2 rings (SSSR count). The third-order valence-corrected chi connectivity index (χ3v) is 4.85. The molecule has 0 aliphatic carbocycles. The van der Waals surface area contributed by atoms with E-state index in [-0.39, 0.29) is 0 Å². The Morgan fingerprint density at radius 3 is 1.31 bits per heavy atom. The Kier molecular flexibility index (Phi) is 7.46. The van der Waals surface area contributed by atoms with Crippen LogP contribution in [0.5, 0.6) is 0 Å². The number of carbonyl (C=O) groups is 1. The quantitative estimate of drug-likeness (QED) is 0.469. The van der Waals surface area contributed by atoms with Gasteiger partial charge in [0, 0.05) is 37.6 Å². The summed E-state index contributed by atoms with van der Waals surface area (Å²) in [5.74, 6) is 0. The molecule has 0 unspecified atom stereocenters. The molecule has 0 amide bonds. The SMILES string of the molecule is CCN(CC)c1ccc(C(=CC=O)c2ccc(N(CC)CC)cc2)cc1. The zero-order valence-corrected chi connectivity index (χ0v) is 16.4. The van der Waals surface area contributed by atoms with E-state index in [1.165, 1.54) is 11.4 Å². The molecule has 0 saturated carbocycles. The zero-order valence-electron chi connectivity index (χ0n) is 16.4. The molecule has 2 aromatic rings. The van der Waals surface area contributed by atoms with Crippen molar-refractivity contribution in [2.24, 2.45) is 0 Å². The minimum atomic E-state index is 0.867. The third kappa shape index (κ3) is 4.54. The van der Waals surface area contributed by atoms with E-state index in [4.69, 9.17) is 0 Å². The van der Waals surface area contributed by atoms with Gasteiger partial charge in [0.2, 0.25) is 0 Å². The van der Waals surface area contributed by atoms with E-state index < -0.39 is 0 Å². The summed E-state index contributed by atoms with van der Waals surface area (Å²) in [6.07, 6.45) is 2.52. The Bertz CT molecular complexity index is 651. The van der Waals surface area contributed by atoms with E-state index >= 15 is 0 Å². The summed E-state index contributed by atoms with van der Waals surface area (Å²) < 4.78 is 0. The van der Waals surface area contributed by atoms with Crippen LogP contribution in [0, 0.1) is 0 Å². The lowest BCUT2D eigenvalue weighted by atomic mass is 9.97. The van der Waals surface area contributed by atoms with E-state index in [0.717, 1.165) is 49.2 Å². The number of anilines is 2. The molecule has 0 radical (unpaired) electrons. The molecule has 0 heterocycles. The fraction of sp³-hybridized carbons (Fsp3) is 0.348. The van der Waals surface area contributed by atoms with Crippen molar-refractivity contribution in [3.8, 4) is 0 Å². The summed E-state index contributed by atoms with van der Waals surface area (Å²) in [5, 5.41) is 0. The molecule has 26 heavy (non-hydrogen) atoms. The number of rotatable bonds is 9. The maximum Gasteiger partial charge on any atom is 0.143 e. The number of benzene rings is 2. The summed E-state index contributed by atoms with van der Waals surface area (Å²) in [6, 6.07) is 16.9. The van der Waals surface area contributed by atoms with Gasteiger partial charge in [-0.2, -0.15) is 0 Å². The normalized spacial score (nSPS) is 10.3. The van der Waals surface area contributed by atoms with Crippen LogP contribution in [0.3, 0.4) is 0 Å². The Balaban J connectivity index is 2.32. The average Bonchev–Trinajstić information content (AvgIpc) is 2.69. The fourth-order valence-corrected chi connectivity index (χ4v) is 3.31. The summed E-state index contributed by atoms with van der Waals surface area (Å²) in [5.41, 5.74) is 5.49. The van der Waals surface area contributed by atoms with Crippen LogP contribution >= 0.6 is 0 Å². The van der Waals surface area contributed by atoms with Gasteiger partial charge in [-0.1, -0.05) is 24.3 Å². The molecule has 0 aliphatic heterocycles. The number of aldehydes is 1. The Morgan fingerprint density at radius 2 is 1.04 bits per heavy atom. The van der Waals surface area contributed by atoms with Crippen LogP contribution in [0.1, 0.15) is 38.8 Å². The molecular formula is C23H30N2O. The van der Waals surface area contributed by atoms with Crippen molar-refractivity contribution in [2.75, 3.05) is 36.0 Å². The van der Waals surface area contributed by atoms with Crippen molar-refractivity contribution in [1.29, 1.82) is 0 Å². The van der Waals surface area contributed by atoms with Crippen molar-refractivity contribution < 1.29 is 4.79 Å². The van der Waals surface area contributed by atoms with Gasteiger partial charge in [0.1, 0.15) is 6.29 Å². The molecule has 2 aromatic carbocycles. The van der Waals surface area contributed by atoms with Crippen LogP contribution in [0.25, 0.3) is 5.57 Å². The van der Waals surface area contributed by atoms with Crippen LogP contribution in [-0.4, -0.2) is 32.5 Å². The lowest BCUT2D eigenvalue weighted by Crippen LogP contribution is -2.21. The molecule has 0 saturated heterocycles. The maximum atomic E-state index is 11.2. The Morgan fingerprint density at radius 1 is 0.692 bits per heavy atom. The summed E-state index contributed by atoms with van der Waals surface area (Å²) in [4.78, 5) is 15.8. The summed E-state index contributed by atoms with van der Waals surface area (Å²) in [6.45, 7) is 12.6. The highest BCUT2D eigenvalue weighted by Gasteiger charge is 2.08. The van der Waals surface area contributed by atoms with Crippen molar-refractivity contribution >= 4 is 23.2 Å². The van der Waals surface area contributed by atoms with Crippen LogP contribution in [0.15, 0.2) is 54.6 Å². The molecule has 138 valence electrons. The van der Waals surface area contributed by atoms with Gasteiger partial charge >= 0.3 is 0 Å². The van der Waals surface area contributed by atoms with Crippen molar-refractivity contribution in [3.05, 3.63) is 65.7 Å². The standard InChI is InChI=1S/C23H30N2O/c1-5-24(6-2)21-13-9-19(10-14-21)23(17-18-26)20-11-15-22(16-12-20)25(7-3)8-4/h9-18H,5-8H2,1-4H3. The third-order valence-electron chi connectivity index (χ3n) is 4.85. The largest absolute Gasteiger partial charge is 0.372 e. The van der Waals surface area contributed by atoms with E-state index in [2.05, 4.69) is 86.0 Å². The second kappa shape index (κ2) is 9.81. The van der Waals surface area contributed by atoms with Gasteiger partial charge < -0.3 is 9.80 Å². The second-order valence-corrected chi connectivity index (χ2v) is 6.15. The van der Waals surface area contributed by atoms with Crippen LogP contribution in [0.4, 0.5) is 11.4 Å². The molecule has 0 aliphatic rings. The summed E-state index contributed by atoms with van der Waals surface area (Å²) in [7, 11) is 0. The van der Waals surface area contributed by atoms with Crippen molar-refractivity contribution in [2.45, 2.75) is 27.7 Å². The number of allylic oxidation sites excluding steroid dienone is 1. The van der Waals surface area contributed by atoms with Crippen LogP contribution < -0.4 is 9.80 Å². The van der Waals surface area contributed by atoms with E-state index in [9.17, 15) is 4.79 Å².